The largest absolute Gasteiger partial charge is 0.454 e. The van der Waals surface area contributed by atoms with Crippen molar-refractivity contribution < 1.29 is 8.83 Å². The van der Waals surface area contributed by atoms with E-state index in [2.05, 4.69) is 436 Å². The Bertz CT molecular complexity index is 6730. The fourth-order valence-corrected chi connectivity index (χ4v) is 20.8. The molecule has 4 heteroatoms. The van der Waals surface area contributed by atoms with Gasteiger partial charge in [0.1, 0.15) is 11.2 Å². The fourth-order valence-electron chi connectivity index (χ4n) is 20.8. The molecule has 2 heterocycles. The summed E-state index contributed by atoms with van der Waals surface area (Å²) < 4.78 is 15.0. The molecular weight excluding hydrogens is 1450 g/mol. The Morgan fingerprint density at radius 1 is 0.225 bits per heavy atom. The van der Waals surface area contributed by atoms with Crippen LogP contribution in [-0.2, 0) is 32.5 Å². The molecule has 0 fully saturated rings. The molecular formula is C116H100N2O2. The van der Waals surface area contributed by atoms with E-state index in [9.17, 15) is 0 Å². The van der Waals surface area contributed by atoms with E-state index in [1.807, 2.05) is 0 Å². The maximum Gasteiger partial charge on any atom is 0.160 e. The standard InChI is InChI=1S/C116H100N2O2/c1-111(2,3)93-61-57-77(81-29-17-21-33-85(81)93)69-41-49-73(50-42-69)117(74-51-43-70(44-52-74)78-58-62-94(112(4,5)6)86-34-22-18-30-82(78)86)101-67-99-105(107-89-37-25-27-39-103(89)119-109(101)107)91-65-98-92(66-97(91)115(99,13)14)106-100(116(98,15)16)68-102(110-108(106)90-38-26-28-40-104(90)120-110)118(75-53-45-71(46-54-75)79-59-63-95(113(7,8)9)87-35-23-19-31-83(79)87)76-55-47-72(48-56-76)80-60-64-96(114(10,11)12)88-36-24-20-32-84(80)88/h17-68H,1-16H3. The minimum atomic E-state index is -0.498. The van der Waals surface area contributed by atoms with Crippen molar-refractivity contribution in [2.45, 2.75) is 143 Å². The van der Waals surface area contributed by atoms with Crippen LogP contribution in [-0.4, -0.2) is 0 Å². The Hall–Kier alpha value is -13.0. The van der Waals surface area contributed by atoms with Crippen LogP contribution in [0.15, 0.2) is 324 Å². The minimum Gasteiger partial charge on any atom is -0.454 e. The highest BCUT2D eigenvalue weighted by molar-refractivity contribution is 6.22. The van der Waals surface area contributed by atoms with Crippen molar-refractivity contribution in [2.24, 2.45) is 0 Å². The molecule has 4 nitrogen and oxygen atoms in total. The summed E-state index contributed by atoms with van der Waals surface area (Å²) in [5.41, 5.74) is 33.3. The monoisotopic (exact) mass is 1550 g/mol. The molecule has 0 unspecified atom stereocenters. The predicted molar refractivity (Wildman–Crippen MR) is 512 cm³/mol. The molecule has 0 spiro atoms. The number of fused-ring (bicyclic) bond motifs is 18. The van der Waals surface area contributed by atoms with Gasteiger partial charge in [0.25, 0.3) is 0 Å². The van der Waals surface area contributed by atoms with Crippen LogP contribution in [0.25, 0.3) is 154 Å². The van der Waals surface area contributed by atoms with Gasteiger partial charge in [-0.25, -0.2) is 0 Å². The van der Waals surface area contributed by atoms with Gasteiger partial charge in [0, 0.05) is 55.1 Å². The van der Waals surface area contributed by atoms with Crippen molar-refractivity contribution in [3.8, 4) is 66.8 Å². The Labute approximate surface area is 705 Å². The first-order chi connectivity index (χ1) is 57.6. The SMILES string of the molecule is CC(C)(C)c1ccc(-c2ccc(N(c3ccc(-c4ccc(C(C)(C)C)c5ccccc45)cc3)c3cc4c(c5c3oc3ccccc35)-c3cc5c(cc3C4(C)C)-c3c(cc(N(c4ccc(-c6ccc(C(C)(C)C)c7ccccc67)cc4)c4ccc(-c6ccc(C(C)(C)C)c7ccccc67)cc4)c4oc6ccccc6c34)C5(C)C)cc2)c2ccccc12. The average Bonchev–Trinajstić information content (AvgIpc) is 1.51. The summed E-state index contributed by atoms with van der Waals surface area (Å²) >= 11 is 0. The van der Waals surface area contributed by atoms with Gasteiger partial charge in [-0.05, 0) is 261 Å². The van der Waals surface area contributed by atoms with Crippen molar-refractivity contribution in [1.29, 1.82) is 0 Å². The molecule has 2 aromatic heterocycles. The lowest BCUT2D eigenvalue weighted by Crippen LogP contribution is -2.18. The summed E-state index contributed by atoms with van der Waals surface area (Å²) in [4.78, 5) is 4.92. The van der Waals surface area contributed by atoms with Crippen molar-refractivity contribution in [3.05, 3.63) is 360 Å². The van der Waals surface area contributed by atoms with E-state index < -0.39 is 10.8 Å². The molecule has 0 aliphatic heterocycles. The molecule has 17 aromatic carbocycles. The lowest BCUT2D eigenvalue weighted by atomic mass is 9.79. The topological polar surface area (TPSA) is 32.8 Å². The zero-order chi connectivity index (χ0) is 82.6. The predicted octanol–water partition coefficient (Wildman–Crippen LogP) is 33.5. The van der Waals surface area contributed by atoms with E-state index in [0.29, 0.717) is 0 Å². The highest BCUT2D eigenvalue weighted by Crippen LogP contribution is 2.63. The lowest BCUT2D eigenvalue weighted by molar-refractivity contribution is 0.595. The molecule has 586 valence electrons. The van der Waals surface area contributed by atoms with Crippen LogP contribution >= 0.6 is 0 Å². The van der Waals surface area contributed by atoms with Gasteiger partial charge in [0.2, 0.25) is 0 Å². The zero-order valence-electron chi connectivity index (χ0n) is 71.7. The third kappa shape index (κ3) is 11.6. The van der Waals surface area contributed by atoms with Gasteiger partial charge in [-0.3, -0.25) is 0 Å². The first kappa shape index (κ1) is 74.5. The molecule has 0 bridgehead atoms. The van der Waals surface area contributed by atoms with E-state index >= 15 is 0 Å². The van der Waals surface area contributed by atoms with E-state index in [4.69, 9.17) is 8.83 Å². The van der Waals surface area contributed by atoms with Gasteiger partial charge >= 0.3 is 0 Å². The summed E-state index contributed by atoms with van der Waals surface area (Å²) in [7, 11) is 0. The summed E-state index contributed by atoms with van der Waals surface area (Å²) in [6.07, 6.45) is 0. The number of nitrogens with zero attached hydrogens (tertiary/aromatic N) is 2. The number of para-hydroxylation sites is 2. The Kier molecular flexibility index (Phi) is 16.6. The number of hydrogen-bond donors (Lipinski definition) is 0. The number of benzene rings is 17. The first-order valence-corrected chi connectivity index (χ1v) is 42.9. The Morgan fingerprint density at radius 3 is 0.708 bits per heavy atom. The smallest absolute Gasteiger partial charge is 0.160 e. The maximum atomic E-state index is 7.51. The van der Waals surface area contributed by atoms with Crippen molar-refractivity contribution in [1.82, 2.24) is 0 Å². The molecule has 21 rings (SSSR count). The molecule has 0 atom stereocenters. The van der Waals surface area contributed by atoms with Crippen LogP contribution in [0.2, 0.25) is 0 Å². The van der Waals surface area contributed by atoms with Gasteiger partial charge in [0.15, 0.2) is 11.2 Å². The summed E-state index contributed by atoms with van der Waals surface area (Å²) in [6.45, 7) is 37.6. The van der Waals surface area contributed by atoms with Gasteiger partial charge < -0.3 is 18.6 Å². The third-order valence-electron chi connectivity index (χ3n) is 26.8. The van der Waals surface area contributed by atoms with Crippen LogP contribution in [0, 0.1) is 0 Å². The maximum absolute atomic E-state index is 7.51. The van der Waals surface area contributed by atoms with E-state index in [1.165, 1.54) is 132 Å². The lowest BCUT2D eigenvalue weighted by Gasteiger charge is -2.29. The minimum absolute atomic E-state index is 0.0194. The van der Waals surface area contributed by atoms with Crippen LogP contribution in [0.5, 0.6) is 0 Å². The third-order valence-corrected chi connectivity index (χ3v) is 26.8. The molecule has 0 radical (unpaired) electrons. The second-order valence-corrected chi connectivity index (χ2v) is 39.1. The van der Waals surface area contributed by atoms with Crippen LogP contribution in [0.4, 0.5) is 34.1 Å². The fraction of sp³-hybridized carbons (Fsp3) is 0.190. The summed E-state index contributed by atoms with van der Waals surface area (Å²) in [6, 6.07) is 119. The molecule has 0 amide bonds. The number of anilines is 6. The molecule has 19 aromatic rings. The molecule has 2 aliphatic rings. The van der Waals surface area contributed by atoms with Crippen molar-refractivity contribution in [2.75, 3.05) is 9.80 Å². The second-order valence-electron chi connectivity index (χ2n) is 39.1. The second kappa shape index (κ2) is 26.7. The highest BCUT2D eigenvalue weighted by atomic mass is 16.3. The highest BCUT2D eigenvalue weighted by Gasteiger charge is 2.46. The Balaban J connectivity index is 0.742. The average molecular weight is 1550 g/mol. The zero-order valence-corrected chi connectivity index (χ0v) is 71.7. The molecule has 0 N–H and O–H groups in total. The molecule has 0 saturated carbocycles. The van der Waals surface area contributed by atoms with Crippen LogP contribution in [0.3, 0.4) is 0 Å². The summed E-state index contributed by atoms with van der Waals surface area (Å²) in [5.74, 6) is 0. The van der Waals surface area contributed by atoms with Crippen molar-refractivity contribution in [3.63, 3.8) is 0 Å². The van der Waals surface area contributed by atoms with E-state index in [0.717, 1.165) is 100 Å². The van der Waals surface area contributed by atoms with Gasteiger partial charge in [-0.1, -0.05) is 341 Å². The van der Waals surface area contributed by atoms with Crippen LogP contribution < -0.4 is 9.80 Å². The molecule has 2 aliphatic carbocycles. The van der Waals surface area contributed by atoms with Crippen LogP contribution in [0.1, 0.15) is 155 Å². The molecule has 120 heavy (non-hydrogen) atoms. The Morgan fingerprint density at radius 2 is 0.458 bits per heavy atom. The van der Waals surface area contributed by atoms with Crippen molar-refractivity contribution >= 4 is 121 Å². The van der Waals surface area contributed by atoms with Gasteiger partial charge in [-0.2, -0.15) is 0 Å². The summed E-state index contributed by atoms with van der Waals surface area (Å²) in [5, 5.41) is 14.6. The molecule has 0 saturated heterocycles. The normalized spacial score (nSPS) is 13.8. The number of furan rings is 2. The number of rotatable bonds is 10. The first-order valence-electron chi connectivity index (χ1n) is 42.9. The van der Waals surface area contributed by atoms with Gasteiger partial charge in [0.05, 0.1) is 11.4 Å². The van der Waals surface area contributed by atoms with E-state index in [-0.39, 0.29) is 21.7 Å². The quantitative estimate of drug-likeness (QED) is 0.137. The van der Waals surface area contributed by atoms with E-state index in [1.54, 1.807) is 0 Å². The number of hydrogen-bond acceptors (Lipinski definition) is 4. The van der Waals surface area contributed by atoms with Gasteiger partial charge in [-0.15, -0.1) is 0 Å².